The molecule has 0 saturated carbocycles. The lowest BCUT2D eigenvalue weighted by molar-refractivity contribution is -0.145. The van der Waals surface area contributed by atoms with Crippen LogP contribution in [0.5, 0.6) is 5.75 Å². The third kappa shape index (κ3) is 9.91. The molecule has 1 unspecified atom stereocenters. The van der Waals surface area contributed by atoms with E-state index in [1.54, 1.807) is 25.1 Å². The third-order valence-corrected chi connectivity index (χ3v) is 7.46. The van der Waals surface area contributed by atoms with Crippen LogP contribution in [0.3, 0.4) is 0 Å². The van der Waals surface area contributed by atoms with Crippen LogP contribution >= 0.6 is 0 Å². The smallest absolute Gasteiger partial charge is 0.328 e. The molecular formula is C29H42N4O7S. The van der Waals surface area contributed by atoms with Crippen molar-refractivity contribution in [3.8, 4) is 5.75 Å². The topological polar surface area (TPSA) is 157 Å². The molecule has 1 heterocycles. The first-order chi connectivity index (χ1) is 19.4. The van der Waals surface area contributed by atoms with Gasteiger partial charge in [0.15, 0.2) is 0 Å². The molecular weight excluding hydrogens is 548 g/mol. The van der Waals surface area contributed by atoms with Gasteiger partial charge in [-0.25, -0.2) is 13.2 Å². The van der Waals surface area contributed by atoms with Gasteiger partial charge in [-0.15, -0.1) is 0 Å². The lowest BCUT2D eigenvalue weighted by atomic mass is 10.0. The Hall–Kier alpha value is -3.35. The molecule has 1 fully saturated rings. The first kappa shape index (κ1) is 32.2. The van der Waals surface area contributed by atoms with Crippen molar-refractivity contribution in [1.82, 2.24) is 10.6 Å². The SMILES string of the molecule is CCOC(=O)[C@H](CC(C)C)NC(=O)c1ccc(N2CCC(NCC(O)c3ccc(O)c(NS(C)(=O)=O)c3)CC2)cc1. The van der Waals surface area contributed by atoms with Crippen molar-refractivity contribution in [2.45, 2.75) is 58.2 Å². The number of nitrogens with zero attached hydrogens (tertiary/aromatic N) is 1. The molecule has 2 aromatic rings. The predicted octanol–water partition coefficient (Wildman–Crippen LogP) is 2.76. The predicted molar refractivity (Wildman–Crippen MR) is 159 cm³/mol. The lowest BCUT2D eigenvalue weighted by Gasteiger charge is -2.34. The van der Waals surface area contributed by atoms with Gasteiger partial charge in [-0.05, 0) is 74.1 Å². The summed E-state index contributed by atoms with van der Waals surface area (Å²) in [6.45, 7) is 7.83. The third-order valence-electron chi connectivity index (χ3n) is 6.87. The number of nitrogens with one attached hydrogen (secondary N) is 3. The van der Waals surface area contributed by atoms with Gasteiger partial charge in [0.05, 0.1) is 24.7 Å². The molecule has 2 aromatic carbocycles. The van der Waals surface area contributed by atoms with E-state index in [0.717, 1.165) is 37.9 Å². The zero-order valence-corrected chi connectivity index (χ0v) is 24.9. The monoisotopic (exact) mass is 590 g/mol. The van der Waals surface area contributed by atoms with Crippen LogP contribution < -0.4 is 20.3 Å². The molecule has 41 heavy (non-hydrogen) atoms. The number of phenols is 1. The van der Waals surface area contributed by atoms with E-state index in [4.69, 9.17) is 4.74 Å². The van der Waals surface area contributed by atoms with Crippen molar-refractivity contribution < 1.29 is 33.0 Å². The summed E-state index contributed by atoms with van der Waals surface area (Å²) in [5.74, 6) is -0.735. The summed E-state index contributed by atoms with van der Waals surface area (Å²) < 4.78 is 30.4. The summed E-state index contributed by atoms with van der Waals surface area (Å²) >= 11 is 0. The van der Waals surface area contributed by atoms with Crippen LogP contribution in [-0.2, 0) is 19.6 Å². The highest BCUT2D eigenvalue weighted by molar-refractivity contribution is 7.92. The first-order valence-electron chi connectivity index (χ1n) is 13.9. The highest BCUT2D eigenvalue weighted by atomic mass is 32.2. The Balaban J connectivity index is 1.50. The van der Waals surface area contributed by atoms with Crippen LogP contribution in [0.15, 0.2) is 42.5 Å². The number of ether oxygens (including phenoxy) is 1. The number of anilines is 2. The molecule has 1 aliphatic rings. The molecule has 2 atom stereocenters. The molecule has 5 N–H and O–H groups in total. The van der Waals surface area contributed by atoms with Crippen LogP contribution in [0.25, 0.3) is 0 Å². The number of aromatic hydroxyl groups is 1. The Bertz CT molecular complexity index is 1280. The minimum Gasteiger partial charge on any atom is -0.506 e. The van der Waals surface area contributed by atoms with Crippen LogP contribution in [0.1, 0.15) is 62.1 Å². The van der Waals surface area contributed by atoms with E-state index in [-0.39, 0.29) is 42.5 Å². The summed E-state index contributed by atoms with van der Waals surface area (Å²) in [6.07, 6.45) is 2.31. The van der Waals surface area contributed by atoms with E-state index in [2.05, 4.69) is 20.3 Å². The number of aliphatic hydroxyl groups excluding tert-OH is 1. The number of rotatable bonds is 13. The number of sulfonamides is 1. The van der Waals surface area contributed by atoms with Gasteiger partial charge >= 0.3 is 5.97 Å². The molecule has 11 nitrogen and oxygen atoms in total. The molecule has 226 valence electrons. The van der Waals surface area contributed by atoms with Gasteiger partial charge in [-0.3, -0.25) is 9.52 Å². The van der Waals surface area contributed by atoms with Gasteiger partial charge in [0, 0.05) is 36.9 Å². The number of aliphatic hydroxyl groups is 1. The van der Waals surface area contributed by atoms with Crippen LogP contribution in [0, 0.1) is 5.92 Å². The maximum Gasteiger partial charge on any atom is 0.328 e. The van der Waals surface area contributed by atoms with E-state index in [1.165, 1.54) is 12.1 Å². The van der Waals surface area contributed by atoms with Gasteiger partial charge in [0.1, 0.15) is 11.8 Å². The van der Waals surface area contributed by atoms with Crippen molar-refractivity contribution in [3.63, 3.8) is 0 Å². The maximum atomic E-state index is 12.8. The summed E-state index contributed by atoms with van der Waals surface area (Å²) in [7, 11) is -3.57. The number of phenolic OH excluding ortho intramolecular Hbond substituents is 1. The van der Waals surface area contributed by atoms with Crippen LogP contribution in [0.2, 0.25) is 0 Å². The Morgan fingerprint density at radius 3 is 2.34 bits per heavy atom. The number of carbonyl (C=O) groups is 2. The number of hydrogen-bond acceptors (Lipinski definition) is 9. The zero-order valence-electron chi connectivity index (χ0n) is 24.1. The number of piperidine rings is 1. The second kappa shape index (κ2) is 14.5. The minimum atomic E-state index is -3.57. The molecule has 0 spiro atoms. The minimum absolute atomic E-state index is 0.0234. The quantitative estimate of drug-likeness (QED) is 0.175. The van der Waals surface area contributed by atoms with E-state index in [1.807, 2.05) is 26.0 Å². The summed E-state index contributed by atoms with van der Waals surface area (Å²) in [4.78, 5) is 27.3. The van der Waals surface area contributed by atoms with Crippen molar-refractivity contribution in [2.24, 2.45) is 5.92 Å². The van der Waals surface area contributed by atoms with Gasteiger partial charge < -0.3 is 30.5 Å². The van der Waals surface area contributed by atoms with E-state index in [0.29, 0.717) is 17.5 Å². The van der Waals surface area contributed by atoms with Crippen molar-refractivity contribution in [1.29, 1.82) is 0 Å². The molecule has 0 bridgehead atoms. The van der Waals surface area contributed by atoms with Gasteiger partial charge in [0.2, 0.25) is 10.0 Å². The fourth-order valence-corrected chi connectivity index (χ4v) is 5.34. The van der Waals surface area contributed by atoms with Crippen molar-refractivity contribution >= 4 is 33.3 Å². The molecule has 3 rings (SSSR count). The fourth-order valence-electron chi connectivity index (χ4n) is 4.77. The number of carbonyl (C=O) groups excluding carboxylic acids is 2. The Kier molecular flexibility index (Phi) is 11.4. The lowest BCUT2D eigenvalue weighted by Crippen LogP contribution is -2.43. The van der Waals surface area contributed by atoms with E-state index < -0.39 is 28.1 Å². The second-order valence-electron chi connectivity index (χ2n) is 10.8. The molecule has 12 heteroatoms. The van der Waals surface area contributed by atoms with Gasteiger partial charge in [-0.1, -0.05) is 19.9 Å². The van der Waals surface area contributed by atoms with Gasteiger partial charge in [-0.2, -0.15) is 0 Å². The summed E-state index contributed by atoms with van der Waals surface area (Å²) in [5.41, 5.74) is 1.98. The first-order valence-corrected chi connectivity index (χ1v) is 15.8. The Morgan fingerprint density at radius 1 is 1.10 bits per heavy atom. The van der Waals surface area contributed by atoms with Crippen LogP contribution in [0.4, 0.5) is 11.4 Å². The average Bonchev–Trinajstić information content (AvgIpc) is 2.92. The number of hydrogen-bond donors (Lipinski definition) is 5. The van der Waals surface area contributed by atoms with Crippen LogP contribution in [-0.4, -0.2) is 75.1 Å². The van der Waals surface area contributed by atoms with Gasteiger partial charge in [0.25, 0.3) is 5.91 Å². The molecule has 1 amide bonds. The Labute approximate surface area is 242 Å². The molecule has 1 aliphatic heterocycles. The van der Waals surface area contributed by atoms with Crippen molar-refractivity contribution in [2.75, 3.05) is 42.1 Å². The normalized spacial score (nSPS) is 15.8. The highest BCUT2D eigenvalue weighted by Gasteiger charge is 2.24. The molecule has 1 saturated heterocycles. The van der Waals surface area contributed by atoms with E-state index in [9.17, 15) is 28.2 Å². The molecule has 0 aromatic heterocycles. The zero-order chi connectivity index (χ0) is 30.2. The molecule has 0 aliphatic carbocycles. The van der Waals surface area contributed by atoms with E-state index >= 15 is 0 Å². The fraction of sp³-hybridized carbons (Fsp3) is 0.517. The largest absolute Gasteiger partial charge is 0.506 e. The molecule has 0 radical (unpaired) electrons. The number of amides is 1. The average molecular weight is 591 g/mol. The maximum absolute atomic E-state index is 12.8. The number of esters is 1. The highest BCUT2D eigenvalue weighted by Crippen LogP contribution is 2.28. The summed E-state index contributed by atoms with van der Waals surface area (Å²) in [6, 6.07) is 11.2. The van der Waals surface area contributed by atoms with Crippen molar-refractivity contribution in [3.05, 3.63) is 53.6 Å². The number of benzene rings is 2. The second-order valence-corrected chi connectivity index (χ2v) is 12.5. The standard InChI is InChI=1S/C29H42N4O7S/c1-5-40-29(37)25(16-19(2)3)31-28(36)20-6-9-23(10-7-20)33-14-12-22(13-15-33)30-18-27(35)21-8-11-26(34)24(17-21)32-41(4,38)39/h6-11,17,19,22,25,27,30,32,34-35H,5,12-16,18H2,1-4H3,(H,31,36)/t25-,27?/m0/s1. The Morgan fingerprint density at radius 2 is 1.76 bits per heavy atom. The summed E-state index contributed by atoms with van der Waals surface area (Å²) in [5, 5.41) is 26.7.